The summed E-state index contributed by atoms with van der Waals surface area (Å²) in [6.07, 6.45) is 0. The summed E-state index contributed by atoms with van der Waals surface area (Å²) in [5.74, 6) is -0.295. The maximum absolute atomic E-state index is 13.7. The Morgan fingerprint density at radius 3 is 2.47 bits per heavy atom. The largest absolute Gasteiger partial charge is 0.397 e. The van der Waals surface area contributed by atoms with E-state index in [0.717, 1.165) is 5.69 Å². The lowest BCUT2D eigenvalue weighted by Crippen LogP contribution is -2.18. The standard InChI is InChI=1S/C14H13Cl2FN2/c1-19(14-7-11(16)3-5-13(14)18)8-9-6-10(15)2-4-12(9)17/h2-7H,8,18H2,1H3. The number of halogens is 3. The van der Waals surface area contributed by atoms with E-state index in [1.54, 1.807) is 24.3 Å². The second-order valence-corrected chi connectivity index (χ2v) is 5.17. The lowest BCUT2D eigenvalue weighted by Gasteiger charge is -2.21. The van der Waals surface area contributed by atoms with Crippen LogP contribution in [-0.2, 0) is 6.54 Å². The van der Waals surface area contributed by atoms with E-state index in [4.69, 9.17) is 28.9 Å². The molecular weight excluding hydrogens is 286 g/mol. The molecule has 2 N–H and O–H groups in total. The first-order chi connectivity index (χ1) is 8.97. The second-order valence-electron chi connectivity index (χ2n) is 4.29. The highest BCUT2D eigenvalue weighted by Gasteiger charge is 2.10. The van der Waals surface area contributed by atoms with Gasteiger partial charge in [-0.2, -0.15) is 0 Å². The summed E-state index contributed by atoms with van der Waals surface area (Å²) in [5, 5.41) is 1.09. The molecule has 5 heteroatoms. The van der Waals surface area contributed by atoms with Gasteiger partial charge in [-0.15, -0.1) is 0 Å². The van der Waals surface area contributed by atoms with Crippen LogP contribution >= 0.6 is 23.2 Å². The van der Waals surface area contributed by atoms with Gasteiger partial charge in [0, 0.05) is 29.2 Å². The van der Waals surface area contributed by atoms with E-state index < -0.39 is 0 Å². The monoisotopic (exact) mass is 298 g/mol. The average molecular weight is 299 g/mol. The molecule has 2 nitrogen and oxygen atoms in total. The number of nitrogen functional groups attached to an aromatic ring is 1. The molecule has 0 atom stereocenters. The molecule has 0 aliphatic heterocycles. The molecule has 0 saturated carbocycles. The minimum absolute atomic E-state index is 0.295. The molecule has 0 bridgehead atoms. The van der Waals surface area contributed by atoms with E-state index in [0.29, 0.717) is 27.8 Å². The van der Waals surface area contributed by atoms with Crippen molar-refractivity contribution in [1.29, 1.82) is 0 Å². The van der Waals surface area contributed by atoms with Gasteiger partial charge < -0.3 is 10.6 Å². The fourth-order valence-electron chi connectivity index (χ4n) is 1.85. The first-order valence-electron chi connectivity index (χ1n) is 5.67. The lowest BCUT2D eigenvalue weighted by atomic mass is 10.2. The van der Waals surface area contributed by atoms with Crippen molar-refractivity contribution in [2.75, 3.05) is 17.7 Å². The van der Waals surface area contributed by atoms with Crippen molar-refractivity contribution in [3.8, 4) is 0 Å². The third kappa shape index (κ3) is 3.31. The van der Waals surface area contributed by atoms with Crippen molar-refractivity contribution in [2.45, 2.75) is 6.54 Å². The van der Waals surface area contributed by atoms with Crippen LogP contribution in [0.5, 0.6) is 0 Å². The maximum atomic E-state index is 13.7. The molecule has 0 amide bonds. The Balaban J connectivity index is 2.27. The molecule has 2 aromatic carbocycles. The summed E-state index contributed by atoms with van der Waals surface area (Å²) in [5.41, 5.74) is 7.75. The van der Waals surface area contributed by atoms with Crippen molar-refractivity contribution in [3.05, 3.63) is 57.8 Å². The minimum Gasteiger partial charge on any atom is -0.397 e. The van der Waals surface area contributed by atoms with Crippen LogP contribution < -0.4 is 10.6 Å². The van der Waals surface area contributed by atoms with Crippen molar-refractivity contribution < 1.29 is 4.39 Å². The third-order valence-corrected chi connectivity index (χ3v) is 3.29. The fourth-order valence-corrected chi connectivity index (χ4v) is 2.21. The zero-order valence-electron chi connectivity index (χ0n) is 10.3. The van der Waals surface area contributed by atoms with Gasteiger partial charge >= 0.3 is 0 Å². The molecular formula is C14H13Cl2FN2. The number of anilines is 2. The Hall–Kier alpha value is -1.45. The predicted octanol–water partition coefficient (Wildman–Crippen LogP) is 4.35. The van der Waals surface area contributed by atoms with E-state index in [1.807, 2.05) is 11.9 Å². The summed E-state index contributed by atoms with van der Waals surface area (Å²) >= 11 is 11.8. The number of hydrogen-bond donors (Lipinski definition) is 1. The molecule has 0 aliphatic carbocycles. The zero-order valence-corrected chi connectivity index (χ0v) is 11.8. The quantitative estimate of drug-likeness (QED) is 0.854. The molecule has 2 aromatic rings. The first-order valence-corrected chi connectivity index (χ1v) is 6.43. The number of rotatable bonds is 3. The number of nitrogens with zero attached hydrogens (tertiary/aromatic N) is 1. The third-order valence-electron chi connectivity index (χ3n) is 2.82. The summed E-state index contributed by atoms with van der Waals surface area (Å²) in [6.45, 7) is 0.358. The van der Waals surface area contributed by atoms with E-state index in [2.05, 4.69) is 0 Å². The minimum atomic E-state index is -0.295. The van der Waals surface area contributed by atoms with E-state index in [1.165, 1.54) is 12.1 Å². The second kappa shape index (κ2) is 5.68. The molecule has 0 aliphatic rings. The van der Waals surface area contributed by atoms with Crippen LogP contribution in [0.4, 0.5) is 15.8 Å². The molecule has 0 saturated heterocycles. The van der Waals surface area contributed by atoms with Gasteiger partial charge in [-0.25, -0.2) is 4.39 Å². The van der Waals surface area contributed by atoms with Gasteiger partial charge in [0.2, 0.25) is 0 Å². The van der Waals surface area contributed by atoms with Gasteiger partial charge in [-0.1, -0.05) is 23.2 Å². The highest BCUT2D eigenvalue weighted by molar-refractivity contribution is 6.31. The van der Waals surface area contributed by atoms with Gasteiger partial charge in [-0.05, 0) is 36.4 Å². The van der Waals surface area contributed by atoms with Crippen molar-refractivity contribution in [2.24, 2.45) is 0 Å². The Labute approximate surface area is 121 Å². The van der Waals surface area contributed by atoms with E-state index >= 15 is 0 Å². The molecule has 19 heavy (non-hydrogen) atoms. The molecule has 0 spiro atoms. The van der Waals surface area contributed by atoms with Gasteiger partial charge in [0.05, 0.1) is 11.4 Å². The Morgan fingerprint density at radius 2 is 1.74 bits per heavy atom. The Bertz CT molecular complexity index is 602. The van der Waals surface area contributed by atoms with E-state index in [9.17, 15) is 4.39 Å². The van der Waals surface area contributed by atoms with Crippen LogP contribution in [0, 0.1) is 5.82 Å². The molecule has 2 rings (SSSR count). The van der Waals surface area contributed by atoms with Gasteiger partial charge in [0.25, 0.3) is 0 Å². The normalized spacial score (nSPS) is 10.5. The van der Waals surface area contributed by atoms with Crippen LogP contribution in [0.3, 0.4) is 0 Å². The van der Waals surface area contributed by atoms with Crippen LogP contribution in [-0.4, -0.2) is 7.05 Å². The molecule has 0 unspecified atom stereocenters. The van der Waals surface area contributed by atoms with Gasteiger partial charge in [0.15, 0.2) is 0 Å². The zero-order chi connectivity index (χ0) is 14.0. The molecule has 0 heterocycles. The molecule has 0 aromatic heterocycles. The van der Waals surface area contributed by atoms with Crippen molar-refractivity contribution in [1.82, 2.24) is 0 Å². The van der Waals surface area contributed by atoms with Crippen LogP contribution in [0.2, 0.25) is 10.0 Å². The highest BCUT2D eigenvalue weighted by atomic mass is 35.5. The maximum Gasteiger partial charge on any atom is 0.128 e. The van der Waals surface area contributed by atoms with Gasteiger partial charge in [0.1, 0.15) is 5.82 Å². The Morgan fingerprint density at radius 1 is 1.11 bits per heavy atom. The first kappa shape index (κ1) is 14.0. The van der Waals surface area contributed by atoms with Crippen LogP contribution in [0.25, 0.3) is 0 Å². The lowest BCUT2D eigenvalue weighted by molar-refractivity contribution is 0.608. The highest BCUT2D eigenvalue weighted by Crippen LogP contribution is 2.28. The molecule has 100 valence electrons. The summed E-state index contributed by atoms with van der Waals surface area (Å²) < 4.78 is 13.7. The summed E-state index contributed by atoms with van der Waals surface area (Å²) in [6, 6.07) is 9.67. The number of benzene rings is 2. The SMILES string of the molecule is CN(Cc1cc(Cl)ccc1F)c1cc(Cl)ccc1N. The summed E-state index contributed by atoms with van der Waals surface area (Å²) in [4.78, 5) is 1.83. The fraction of sp³-hybridized carbons (Fsp3) is 0.143. The number of hydrogen-bond acceptors (Lipinski definition) is 2. The van der Waals surface area contributed by atoms with Crippen molar-refractivity contribution in [3.63, 3.8) is 0 Å². The van der Waals surface area contributed by atoms with E-state index in [-0.39, 0.29) is 5.82 Å². The smallest absolute Gasteiger partial charge is 0.128 e. The van der Waals surface area contributed by atoms with Gasteiger partial charge in [-0.3, -0.25) is 0 Å². The molecule has 0 fully saturated rings. The predicted molar refractivity (Wildman–Crippen MR) is 79.4 cm³/mol. The van der Waals surface area contributed by atoms with Crippen LogP contribution in [0.1, 0.15) is 5.56 Å². The molecule has 0 radical (unpaired) electrons. The summed E-state index contributed by atoms with van der Waals surface area (Å²) in [7, 11) is 1.82. The van der Waals surface area contributed by atoms with Crippen LogP contribution in [0.15, 0.2) is 36.4 Å². The topological polar surface area (TPSA) is 29.3 Å². The Kier molecular flexibility index (Phi) is 4.17. The average Bonchev–Trinajstić information content (AvgIpc) is 2.36. The number of nitrogens with two attached hydrogens (primary N) is 1. The van der Waals surface area contributed by atoms with Crippen molar-refractivity contribution >= 4 is 34.6 Å².